The van der Waals surface area contributed by atoms with Gasteiger partial charge < -0.3 is 16.3 Å². The van der Waals surface area contributed by atoms with Gasteiger partial charge in [0, 0.05) is 25.1 Å². The fourth-order valence-corrected chi connectivity index (χ4v) is 2.82. The minimum atomic E-state index is -3.34. The lowest BCUT2D eigenvalue weighted by molar-refractivity contribution is 0.318. The molecule has 0 fully saturated rings. The van der Waals surface area contributed by atoms with E-state index in [-0.39, 0.29) is 16.5 Å². The van der Waals surface area contributed by atoms with Crippen LogP contribution in [-0.4, -0.2) is 38.3 Å². The monoisotopic (exact) mass is 309 g/mol. The number of hydrogen-bond acceptors (Lipinski definition) is 5. The van der Waals surface area contributed by atoms with Gasteiger partial charge in [0.25, 0.3) is 0 Å². The molecule has 114 valence electrons. The molecule has 1 aromatic rings. The molecule has 0 atom stereocenters. The smallest absolute Gasteiger partial charge is 0.179 e. The third-order valence-corrected chi connectivity index (χ3v) is 4.50. The van der Waals surface area contributed by atoms with Crippen molar-refractivity contribution in [3.05, 3.63) is 29.8 Å². The van der Waals surface area contributed by atoms with Gasteiger partial charge in [0.15, 0.2) is 15.7 Å². The Hall–Kier alpha value is -2.04. The summed E-state index contributed by atoms with van der Waals surface area (Å²) in [6, 6.07) is 5.91. The molecule has 0 saturated carbocycles. The molecule has 1 rings (SSSR count). The molecule has 0 radical (unpaired) electrons. The van der Waals surface area contributed by atoms with Gasteiger partial charge in [-0.25, -0.2) is 8.42 Å². The van der Waals surface area contributed by atoms with Crippen molar-refractivity contribution in [1.82, 2.24) is 5.32 Å². The number of hydrogen-bond donors (Lipinski definition) is 3. The molecule has 0 amide bonds. The standard InChI is InChI=1S/C14H19N3O3S/c1-2-3-4-9-16-10-11-21(19,20)13-7-5-12(6-8-13)14(15)17-18/h5-8,16,18H,4,9-11H2,1H3,(H2,15,17). The predicted octanol–water partition coefficient (Wildman–Crippen LogP) is 0.558. The Balaban J connectivity index is 2.59. The highest BCUT2D eigenvalue weighted by atomic mass is 32.2. The van der Waals surface area contributed by atoms with Crippen LogP contribution in [0.15, 0.2) is 34.3 Å². The van der Waals surface area contributed by atoms with Crippen LogP contribution in [0.4, 0.5) is 0 Å². The summed E-state index contributed by atoms with van der Waals surface area (Å²) in [4.78, 5) is 0.215. The second-order valence-electron chi connectivity index (χ2n) is 4.26. The minimum Gasteiger partial charge on any atom is -0.409 e. The molecule has 6 nitrogen and oxygen atoms in total. The molecule has 21 heavy (non-hydrogen) atoms. The molecule has 0 saturated heterocycles. The molecule has 7 heteroatoms. The third kappa shape index (κ3) is 5.45. The second-order valence-corrected chi connectivity index (χ2v) is 6.36. The molecule has 4 N–H and O–H groups in total. The number of sulfone groups is 1. The molecule has 0 unspecified atom stereocenters. The number of oxime groups is 1. The van der Waals surface area contributed by atoms with Crippen LogP contribution < -0.4 is 11.1 Å². The zero-order valence-corrected chi connectivity index (χ0v) is 12.7. The Kier molecular flexibility index (Phi) is 6.72. The molecule has 0 bridgehead atoms. The fourth-order valence-electron chi connectivity index (χ4n) is 1.62. The predicted molar refractivity (Wildman–Crippen MR) is 81.9 cm³/mol. The first kappa shape index (κ1) is 17.0. The maximum atomic E-state index is 12.1. The fraction of sp³-hybridized carbons (Fsp3) is 0.357. The molecule has 0 aromatic heterocycles. The third-order valence-electron chi connectivity index (χ3n) is 2.77. The lowest BCUT2D eigenvalue weighted by Gasteiger charge is -2.06. The van der Waals surface area contributed by atoms with E-state index in [1.165, 1.54) is 24.3 Å². The number of nitrogens with one attached hydrogen (secondary N) is 1. The summed E-state index contributed by atoms with van der Waals surface area (Å²) in [5, 5.41) is 14.4. The maximum Gasteiger partial charge on any atom is 0.179 e. The van der Waals surface area contributed by atoms with E-state index in [0.717, 1.165) is 0 Å². The Bertz CT molecular complexity index is 640. The molecular formula is C14H19N3O3S. The largest absolute Gasteiger partial charge is 0.409 e. The summed E-state index contributed by atoms with van der Waals surface area (Å²) in [6.45, 7) is 2.80. The first-order chi connectivity index (χ1) is 10.0. The van der Waals surface area contributed by atoms with Crippen LogP contribution in [0.1, 0.15) is 18.9 Å². The quantitative estimate of drug-likeness (QED) is 0.170. The van der Waals surface area contributed by atoms with E-state index in [0.29, 0.717) is 25.1 Å². The van der Waals surface area contributed by atoms with Gasteiger partial charge in [-0.05, 0) is 31.2 Å². The number of benzene rings is 1. The topological polar surface area (TPSA) is 105 Å². The first-order valence-electron chi connectivity index (χ1n) is 6.42. The van der Waals surface area contributed by atoms with Gasteiger partial charge in [-0.15, -0.1) is 11.8 Å². The van der Waals surface area contributed by atoms with Gasteiger partial charge in [-0.1, -0.05) is 5.16 Å². The van der Waals surface area contributed by atoms with Crippen LogP contribution in [0.5, 0.6) is 0 Å². The van der Waals surface area contributed by atoms with Crippen molar-refractivity contribution >= 4 is 15.7 Å². The van der Waals surface area contributed by atoms with Crippen molar-refractivity contribution in [2.24, 2.45) is 10.9 Å². The number of amidine groups is 1. The van der Waals surface area contributed by atoms with Crippen LogP contribution in [-0.2, 0) is 9.84 Å². The van der Waals surface area contributed by atoms with E-state index in [9.17, 15) is 8.42 Å². The summed E-state index contributed by atoms with van der Waals surface area (Å²) >= 11 is 0. The number of nitrogens with two attached hydrogens (primary N) is 1. The van der Waals surface area contributed by atoms with Crippen LogP contribution in [0.25, 0.3) is 0 Å². The average molecular weight is 309 g/mol. The van der Waals surface area contributed by atoms with Crippen molar-refractivity contribution in [3.8, 4) is 11.8 Å². The Morgan fingerprint density at radius 1 is 1.33 bits per heavy atom. The average Bonchev–Trinajstić information content (AvgIpc) is 2.50. The van der Waals surface area contributed by atoms with Gasteiger partial charge in [0.2, 0.25) is 0 Å². The zero-order chi connectivity index (χ0) is 15.7. The zero-order valence-electron chi connectivity index (χ0n) is 11.8. The van der Waals surface area contributed by atoms with Crippen LogP contribution in [0.3, 0.4) is 0 Å². The number of nitrogens with zero attached hydrogens (tertiary/aromatic N) is 1. The van der Waals surface area contributed by atoms with E-state index >= 15 is 0 Å². The maximum absolute atomic E-state index is 12.1. The number of rotatable bonds is 7. The van der Waals surface area contributed by atoms with E-state index in [1.807, 2.05) is 0 Å². The van der Waals surface area contributed by atoms with Crippen molar-refractivity contribution < 1.29 is 13.6 Å². The molecule has 0 heterocycles. The van der Waals surface area contributed by atoms with E-state index in [1.54, 1.807) is 6.92 Å². The van der Waals surface area contributed by atoms with Gasteiger partial charge in [0.1, 0.15) is 0 Å². The highest BCUT2D eigenvalue weighted by Crippen LogP contribution is 2.12. The Labute approximate surface area is 125 Å². The SMILES string of the molecule is CC#CCCNCCS(=O)(=O)c1ccc(/C(N)=N/O)cc1. The van der Waals surface area contributed by atoms with Crippen LogP contribution in [0.2, 0.25) is 0 Å². The lowest BCUT2D eigenvalue weighted by atomic mass is 10.2. The highest BCUT2D eigenvalue weighted by molar-refractivity contribution is 7.91. The van der Waals surface area contributed by atoms with E-state index in [4.69, 9.17) is 10.9 Å². The van der Waals surface area contributed by atoms with Gasteiger partial charge in [-0.3, -0.25) is 0 Å². The molecule has 0 aliphatic rings. The van der Waals surface area contributed by atoms with Crippen LogP contribution >= 0.6 is 0 Å². The molecule has 1 aromatic carbocycles. The molecule has 0 aliphatic heterocycles. The van der Waals surface area contributed by atoms with Crippen molar-refractivity contribution in [2.75, 3.05) is 18.8 Å². The molecule has 0 spiro atoms. The van der Waals surface area contributed by atoms with Crippen molar-refractivity contribution in [1.29, 1.82) is 0 Å². The van der Waals surface area contributed by atoms with E-state index < -0.39 is 9.84 Å². The summed E-state index contributed by atoms with van der Waals surface area (Å²) in [5.41, 5.74) is 5.89. The lowest BCUT2D eigenvalue weighted by Crippen LogP contribution is -2.24. The first-order valence-corrected chi connectivity index (χ1v) is 8.07. The summed E-state index contributed by atoms with van der Waals surface area (Å²) in [6.07, 6.45) is 0.699. The molecular weight excluding hydrogens is 290 g/mol. The normalized spacial score (nSPS) is 11.8. The molecule has 0 aliphatic carbocycles. The second kappa shape index (κ2) is 8.29. The highest BCUT2D eigenvalue weighted by Gasteiger charge is 2.14. The van der Waals surface area contributed by atoms with Gasteiger partial charge in [0.05, 0.1) is 10.6 Å². The summed E-state index contributed by atoms with van der Waals surface area (Å²) in [5.74, 6) is 5.62. The van der Waals surface area contributed by atoms with Gasteiger partial charge in [-0.2, -0.15) is 0 Å². The van der Waals surface area contributed by atoms with Crippen LogP contribution in [0, 0.1) is 11.8 Å². The summed E-state index contributed by atoms with van der Waals surface area (Å²) in [7, 11) is -3.34. The Morgan fingerprint density at radius 2 is 2.00 bits per heavy atom. The van der Waals surface area contributed by atoms with Crippen molar-refractivity contribution in [2.45, 2.75) is 18.2 Å². The Morgan fingerprint density at radius 3 is 2.57 bits per heavy atom. The summed E-state index contributed by atoms with van der Waals surface area (Å²) < 4.78 is 24.2. The van der Waals surface area contributed by atoms with Gasteiger partial charge >= 0.3 is 0 Å². The van der Waals surface area contributed by atoms with E-state index in [2.05, 4.69) is 22.3 Å². The minimum absolute atomic E-state index is 0.00940. The van der Waals surface area contributed by atoms with Crippen molar-refractivity contribution in [3.63, 3.8) is 0 Å².